The number of alkyl halides is 3. The van der Waals surface area contributed by atoms with Gasteiger partial charge < -0.3 is 4.84 Å². The third-order valence-electron chi connectivity index (χ3n) is 5.46. The number of benzene rings is 2. The first-order valence-corrected chi connectivity index (χ1v) is 10.9. The second kappa shape index (κ2) is 6.85. The molecule has 2 aliphatic rings. The molecule has 1 unspecified atom stereocenters. The molecule has 5 nitrogen and oxygen atoms in total. The normalized spacial score (nSPS) is 23.1. The van der Waals surface area contributed by atoms with Crippen LogP contribution in [-0.4, -0.2) is 24.9 Å². The highest BCUT2D eigenvalue weighted by molar-refractivity contribution is 7.87. The van der Waals surface area contributed by atoms with Gasteiger partial charge in [0.25, 0.3) is 15.7 Å². The monoisotopic (exact) mass is 479 g/mol. The van der Waals surface area contributed by atoms with Crippen molar-refractivity contribution in [3.63, 3.8) is 0 Å². The molecule has 1 atom stereocenters. The predicted molar refractivity (Wildman–Crippen MR) is 105 cm³/mol. The number of hydrogen-bond acceptors (Lipinski definition) is 4. The standard InChI is InChI=1S/C19H14Cl2F3NO4S/c20-14-7-13(8-15(21)9-14)18(19(22,23)24)10-16(25-29-18)11-1-3-12(4-2-11)17(5-6-17)30(26,27)28/h1-4,7-9H,5-6,10H2,(H,26,27,28). The molecule has 30 heavy (non-hydrogen) atoms. The summed E-state index contributed by atoms with van der Waals surface area (Å²) in [7, 11) is -4.29. The quantitative estimate of drug-likeness (QED) is 0.591. The Kier molecular flexibility index (Phi) is 4.89. The third kappa shape index (κ3) is 3.37. The average Bonchev–Trinajstić information content (AvgIpc) is 3.33. The molecule has 0 bridgehead atoms. The first-order chi connectivity index (χ1) is 13.9. The van der Waals surface area contributed by atoms with Crippen LogP contribution < -0.4 is 0 Å². The van der Waals surface area contributed by atoms with Gasteiger partial charge in [-0.15, -0.1) is 0 Å². The Morgan fingerprint density at radius 3 is 2.03 bits per heavy atom. The zero-order valence-electron chi connectivity index (χ0n) is 15.1. The van der Waals surface area contributed by atoms with Crippen LogP contribution in [0.15, 0.2) is 47.6 Å². The molecule has 11 heteroatoms. The summed E-state index contributed by atoms with van der Waals surface area (Å²) in [5.41, 5.74) is -2.28. The van der Waals surface area contributed by atoms with Crippen molar-refractivity contribution < 1.29 is 31.0 Å². The maximum Gasteiger partial charge on any atom is 0.435 e. The lowest BCUT2D eigenvalue weighted by Crippen LogP contribution is -2.42. The van der Waals surface area contributed by atoms with E-state index < -0.39 is 33.1 Å². The van der Waals surface area contributed by atoms with Gasteiger partial charge in [0.05, 0.1) is 5.71 Å². The van der Waals surface area contributed by atoms with Crippen LogP contribution in [0.5, 0.6) is 0 Å². The molecule has 1 aliphatic heterocycles. The van der Waals surface area contributed by atoms with Crippen molar-refractivity contribution in [3.05, 3.63) is 69.2 Å². The van der Waals surface area contributed by atoms with Crippen LogP contribution in [0.3, 0.4) is 0 Å². The predicted octanol–water partition coefficient (Wildman–Crippen LogP) is 5.45. The lowest BCUT2D eigenvalue weighted by Gasteiger charge is -2.29. The molecule has 1 aliphatic carbocycles. The topological polar surface area (TPSA) is 76.0 Å². The van der Waals surface area contributed by atoms with Crippen molar-refractivity contribution in [2.45, 2.75) is 35.8 Å². The van der Waals surface area contributed by atoms with E-state index >= 15 is 0 Å². The minimum atomic E-state index is -4.81. The highest BCUT2D eigenvalue weighted by atomic mass is 35.5. The lowest BCUT2D eigenvalue weighted by molar-refractivity contribution is -0.275. The van der Waals surface area contributed by atoms with Crippen molar-refractivity contribution in [1.29, 1.82) is 0 Å². The Morgan fingerprint density at radius 2 is 1.57 bits per heavy atom. The summed E-state index contributed by atoms with van der Waals surface area (Å²) < 4.78 is 73.5. The summed E-state index contributed by atoms with van der Waals surface area (Å²) in [5, 5.41) is 3.72. The molecule has 0 spiro atoms. The first-order valence-electron chi connectivity index (χ1n) is 8.74. The maximum atomic E-state index is 14.0. The molecule has 1 fully saturated rings. The molecule has 2 aromatic carbocycles. The van der Waals surface area contributed by atoms with Crippen molar-refractivity contribution in [2.75, 3.05) is 0 Å². The molecule has 1 heterocycles. The van der Waals surface area contributed by atoms with Gasteiger partial charge in [-0.1, -0.05) is 52.6 Å². The smallest absolute Gasteiger partial charge is 0.374 e. The largest absolute Gasteiger partial charge is 0.435 e. The van der Waals surface area contributed by atoms with Gasteiger partial charge in [0.2, 0.25) is 0 Å². The van der Waals surface area contributed by atoms with Crippen LogP contribution in [0, 0.1) is 0 Å². The van der Waals surface area contributed by atoms with Crippen LogP contribution in [0.1, 0.15) is 36.0 Å². The summed E-state index contributed by atoms with van der Waals surface area (Å²) in [4.78, 5) is 4.94. The highest BCUT2D eigenvalue weighted by Gasteiger charge is 2.62. The zero-order valence-corrected chi connectivity index (χ0v) is 17.4. The van der Waals surface area contributed by atoms with Crippen molar-refractivity contribution in [3.8, 4) is 0 Å². The summed E-state index contributed by atoms with van der Waals surface area (Å²) in [6, 6.07) is 9.41. The third-order valence-corrected chi connectivity index (χ3v) is 7.52. The molecule has 0 aromatic heterocycles. The molecule has 0 saturated heterocycles. The van der Waals surface area contributed by atoms with Gasteiger partial charge in [0.1, 0.15) is 4.75 Å². The maximum absolute atomic E-state index is 14.0. The van der Waals surface area contributed by atoms with E-state index in [0.29, 0.717) is 11.1 Å². The van der Waals surface area contributed by atoms with Gasteiger partial charge in [-0.3, -0.25) is 4.55 Å². The SMILES string of the molecule is O=S(=O)(O)C1(c2ccc(C3=NOC(c4cc(Cl)cc(Cl)c4)(C(F)(F)F)C3)cc2)CC1. The number of halogens is 5. The highest BCUT2D eigenvalue weighted by Crippen LogP contribution is 2.53. The fraction of sp³-hybridized carbons (Fsp3) is 0.316. The minimum Gasteiger partial charge on any atom is -0.374 e. The second-order valence-corrected chi connectivity index (χ2v) is 9.94. The minimum absolute atomic E-state index is 0.0301. The molecule has 160 valence electrons. The second-order valence-electron chi connectivity index (χ2n) is 7.34. The first kappa shape index (κ1) is 21.4. The van der Waals surface area contributed by atoms with Gasteiger partial charge in [-0.25, -0.2) is 0 Å². The molecule has 1 saturated carbocycles. The van der Waals surface area contributed by atoms with Crippen LogP contribution in [0.25, 0.3) is 0 Å². The molecule has 1 N–H and O–H groups in total. The van der Waals surface area contributed by atoms with Crippen molar-refractivity contribution in [1.82, 2.24) is 0 Å². The van der Waals surface area contributed by atoms with Crippen LogP contribution in [-0.2, 0) is 25.3 Å². The van der Waals surface area contributed by atoms with E-state index in [2.05, 4.69) is 5.16 Å². The Labute approximate surface area is 180 Å². The molecule has 2 aromatic rings. The number of nitrogens with zero attached hydrogens (tertiary/aromatic N) is 1. The molecular formula is C19H14Cl2F3NO4S. The van der Waals surface area contributed by atoms with E-state index in [1.165, 1.54) is 30.3 Å². The summed E-state index contributed by atoms with van der Waals surface area (Å²) in [5.74, 6) is 0. The van der Waals surface area contributed by atoms with Crippen LogP contribution in [0.2, 0.25) is 10.0 Å². The number of oxime groups is 1. The van der Waals surface area contributed by atoms with Crippen molar-refractivity contribution in [2.24, 2.45) is 5.16 Å². The Bertz CT molecular complexity index is 1130. The molecule has 4 rings (SSSR count). The van der Waals surface area contributed by atoms with Crippen LogP contribution in [0.4, 0.5) is 13.2 Å². The zero-order chi connectivity index (χ0) is 21.9. The van der Waals surface area contributed by atoms with Crippen LogP contribution >= 0.6 is 23.2 Å². The molecule has 0 amide bonds. The van der Waals surface area contributed by atoms with E-state index in [4.69, 9.17) is 28.0 Å². The van der Waals surface area contributed by atoms with Gasteiger partial charge in [-0.05, 0) is 42.2 Å². The van der Waals surface area contributed by atoms with Gasteiger partial charge in [0.15, 0.2) is 0 Å². The van der Waals surface area contributed by atoms with Gasteiger partial charge in [-0.2, -0.15) is 21.6 Å². The van der Waals surface area contributed by atoms with Gasteiger partial charge in [0, 0.05) is 22.0 Å². The van der Waals surface area contributed by atoms with E-state index in [1.54, 1.807) is 0 Å². The summed E-state index contributed by atoms with van der Waals surface area (Å²) in [6.45, 7) is 0. The fourth-order valence-corrected chi connectivity index (χ4v) is 5.20. The molecular weight excluding hydrogens is 466 g/mol. The van der Waals surface area contributed by atoms with E-state index in [9.17, 15) is 26.1 Å². The Hall–Kier alpha value is -1.81. The molecule has 0 radical (unpaired) electrons. The van der Waals surface area contributed by atoms with Crippen molar-refractivity contribution >= 4 is 39.0 Å². The number of rotatable bonds is 4. The van der Waals surface area contributed by atoms with E-state index in [1.807, 2.05) is 0 Å². The Balaban J connectivity index is 1.66. The fourth-order valence-electron chi connectivity index (χ4n) is 3.62. The summed E-state index contributed by atoms with van der Waals surface area (Å²) in [6.07, 6.45) is -4.87. The van der Waals surface area contributed by atoms with E-state index in [0.717, 1.165) is 12.1 Å². The average molecular weight is 480 g/mol. The Morgan fingerprint density at radius 1 is 1.00 bits per heavy atom. The summed E-state index contributed by atoms with van der Waals surface area (Å²) >= 11 is 11.8. The van der Waals surface area contributed by atoms with Gasteiger partial charge >= 0.3 is 6.18 Å². The lowest BCUT2D eigenvalue weighted by atomic mass is 9.86. The number of hydrogen-bond donors (Lipinski definition) is 1. The van der Waals surface area contributed by atoms with E-state index in [-0.39, 0.29) is 34.2 Å².